The first-order valence-corrected chi connectivity index (χ1v) is 6.51. The fraction of sp³-hybridized carbons (Fsp3) is 0.235. The quantitative estimate of drug-likeness (QED) is 0.819. The van der Waals surface area contributed by atoms with Crippen LogP contribution in [-0.4, -0.2) is 12.9 Å². The van der Waals surface area contributed by atoms with E-state index in [-0.39, 0.29) is 5.78 Å². The van der Waals surface area contributed by atoms with Crippen molar-refractivity contribution in [2.75, 3.05) is 7.11 Å². The van der Waals surface area contributed by atoms with Crippen LogP contribution in [0.15, 0.2) is 54.6 Å². The predicted molar refractivity (Wildman–Crippen MR) is 74.2 cm³/mol. The second kappa shape index (κ2) is 4.63. The summed E-state index contributed by atoms with van der Waals surface area (Å²) in [5.74, 6) is 0.0723. The van der Waals surface area contributed by atoms with Gasteiger partial charge in [0.2, 0.25) is 0 Å². The molecule has 1 atom stereocenters. The first-order chi connectivity index (χ1) is 9.28. The Kier molecular flexibility index (Phi) is 2.96. The highest BCUT2D eigenvalue weighted by Crippen LogP contribution is 2.38. The Balaban J connectivity index is 2.13. The van der Waals surface area contributed by atoms with Gasteiger partial charge in [0.1, 0.15) is 0 Å². The van der Waals surface area contributed by atoms with Gasteiger partial charge in [-0.1, -0.05) is 54.6 Å². The minimum Gasteiger partial charge on any atom is -0.365 e. The van der Waals surface area contributed by atoms with Crippen LogP contribution >= 0.6 is 0 Å². The zero-order valence-electron chi connectivity index (χ0n) is 10.9. The Morgan fingerprint density at radius 3 is 2.42 bits per heavy atom. The molecule has 0 radical (unpaired) electrons. The smallest absolute Gasteiger partial charge is 0.199 e. The average molecular weight is 252 g/mol. The van der Waals surface area contributed by atoms with Gasteiger partial charge in [0.05, 0.1) is 0 Å². The average Bonchev–Trinajstić information content (AvgIpc) is 2.49. The van der Waals surface area contributed by atoms with Gasteiger partial charge < -0.3 is 4.74 Å². The monoisotopic (exact) mass is 252 g/mol. The van der Waals surface area contributed by atoms with Crippen LogP contribution in [-0.2, 0) is 16.8 Å². The van der Waals surface area contributed by atoms with Gasteiger partial charge in [0, 0.05) is 12.7 Å². The van der Waals surface area contributed by atoms with Gasteiger partial charge in [0.25, 0.3) is 0 Å². The van der Waals surface area contributed by atoms with Crippen molar-refractivity contribution in [2.45, 2.75) is 18.4 Å². The molecule has 0 N–H and O–H groups in total. The SMILES string of the molecule is COC1(c2ccccc2)CCc2ccccc2C1=O. The lowest BCUT2D eigenvalue weighted by Gasteiger charge is -2.35. The zero-order chi connectivity index (χ0) is 13.3. The zero-order valence-corrected chi connectivity index (χ0v) is 10.9. The van der Waals surface area contributed by atoms with E-state index in [0.717, 1.165) is 23.1 Å². The standard InChI is InChI=1S/C17H16O2/c1-19-17(14-8-3-2-4-9-14)12-11-13-7-5-6-10-15(13)16(17)18/h2-10H,11-12H2,1H3. The highest BCUT2D eigenvalue weighted by molar-refractivity contribution is 6.05. The highest BCUT2D eigenvalue weighted by Gasteiger charge is 2.44. The molecule has 2 nitrogen and oxygen atoms in total. The van der Waals surface area contributed by atoms with Crippen molar-refractivity contribution in [2.24, 2.45) is 0 Å². The van der Waals surface area contributed by atoms with Gasteiger partial charge in [-0.15, -0.1) is 0 Å². The van der Waals surface area contributed by atoms with E-state index in [1.54, 1.807) is 7.11 Å². The van der Waals surface area contributed by atoms with Gasteiger partial charge in [-0.25, -0.2) is 0 Å². The van der Waals surface area contributed by atoms with E-state index in [1.807, 2.05) is 54.6 Å². The molecule has 0 heterocycles. The second-order valence-electron chi connectivity index (χ2n) is 4.88. The number of Topliss-reactive ketones (excluding diaryl/α,β-unsaturated/α-hetero) is 1. The minimum atomic E-state index is -0.824. The summed E-state index contributed by atoms with van der Waals surface area (Å²) in [5.41, 5.74) is 2.03. The van der Waals surface area contributed by atoms with Gasteiger partial charge in [0.15, 0.2) is 11.4 Å². The van der Waals surface area contributed by atoms with Gasteiger partial charge in [-0.2, -0.15) is 0 Å². The molecule has 2 aromatic rings. The maximum atomic E-state index is 12.8. The molecule has 19 heavy (non-hydrogen) atoms. The molecule has 0 aromatic heterocycles. The summed E-state index contributed by atoms with van der Waals surface area (Å²) in [6.45, 7) is 0. The molecule has 0 fully saturated rings. The number of fused-ring (bicyclic) bond motifs is 1. The molecule has 1 aliphatic rings. The van der Waals surface area contributed by atoms with Crippen molar-refractivity contribution in [3.8, 4) is 0 Å². The van der Waals surface area contributed by atoms with E-state index in [1.165, 1.54) is 0 Å². The summed E-state index contributed by atoms with van der Waals surface area (Å²) in [6, 6.07) is 17.6. The molecular formula is C17H16O2. The lowest BCUT2D eigenvalue weighted by atomic mass is 9.75. The maximum Gasteiger partial charge on any atom is 0.199 e. The van der Waals surface area contributed by atoms with Crippen molar-refractivity contribution >= 4 is 5.78 Å². The summed E-state index contributed by atoms with van der Waals surface area (Å²) in [7, 11) is 1.62. The fourth-order valence-corrected chi connectivity index (χ4v) is 2.90. The molecule has 0 saturated heterocycles. The molecule has 1 unspecified atom stereocenters. The van der Waals surface area contributed by atoms with Crippen LogP contribution in [0, 0.1) is 0 Å². The van der Waals surface area contributed by atoms with Crippen LogP contribution in [0.2, 0.25) is 0 Å². The van der Waals surface area contributed by atoms with E-state index < -0.39 is 5.60 Å². The maximum absolute atomic E-state index is 12.8. The number of benzene rings is 2. The Bertz CT molecular complexity index is 604. The third-order valence-corrected chi connectivity index (χ3v) is 3.96. The van der Waals surface area contributed by atoms with Crippen molar-refractivity contribution in [1.29, 1.82) is 0 Å². The number of hydrogen-bond acceptors (Lipinski definition) is 2. The Morgan fingerprint density at radius 1 is 1.00 bits per heavy atom. The summed E-state index contributed by atoms with van der Waals surface area (Å²) >= 11 is 0. The lowest BCUT2D eigenvalue weighted by molar-refractivity contribution is -0.00895. The third kappa shape index (κ3) is 1.80. The molecule has 0 aliphatic heterocycles. The van der Waals surface area contributed by atoms with Crippen LogP contribution in [0.1, 0.15) is 27.9 Å². The number of aryl methyl sites for hydroxylation is 1. The Labute approximate surface area is 113 Å². The van der Waals surface area contributed by atoms with Crippen LogP contribution in [0.3, 0.4) is 0 Å². The Morgan fingerprint density at radius 2 is 1.68 bits per heavy atom. The normalized spacial score (nSPS) is 22.1. The summed E-state index contributed by atoms with van der Waals surface area (Å²) in [4.78, 5) is 12.8. The van der Waals surface area contributed by atoms with Crippen LogP contribution in [0.4, 0.5) is 0 Å². The largest absolute Gasteiger partial charge is 0.365 e. The molecule has 0 amide bonds. The van der Waals surface area contributed by atoms with Crippen molar-refractivity contribution < 1.29 is 9.53 Å². The molecular weight excluding hydrogens is 236 g/mol. The van der Waals surface area contributed by atoms with Gasteiger partial charge in [-0.3, -0.25) is 4.79 Å². The van der Waals surface area contributed by atoms with E-state index in [0.29, 0.717) is 6.42 Å². The number of ether oxygens (including phenoxy) is 1. The van der Waals surface area contributed by atoms with E-state index >= 15 is 0 Å². The molecule has 0 saturated carbocycles. The van der Waals surface area contributed by atoms with Crippen molar-refractivity contribution in [3.05, 3.63) is 71.3 Å². The number of carbonyl (C=O) groups is 1. The molecule has 3 rings (SSSR count). The molecule has 0 spiro atoms. The van der Waals surface area contributed by atoms with Crippen LogP contribution in [0.5, 0.6) is 0 Å². The second-order valence-corrected chi connectivity index (χ2v) is 4.88. The van der Waals surface area contributed by atoms with E-state index in [2.05, 4.69) is 0 Å². The fourth-order valence-electron chi connectivity index (χ4n) is 2.90. The third-order valence-electron chi connectivity index (χ3n) is 3.96. The van der Waals surface area contributed by atoms with Gasteiger partial charge in [-0.05, 0) is 24.0 Å². The predicted octanol–water partition coefficient (Wildman–Crippen LogP) is 3.36. The number of rotatable bonds is 2. The van der Waals surface area contributed by atoms with Gasteiger partial charge >= 0.3 is 0 Å². The first kappa shape index (κ1) is 12.1. The first-order valence-electron chi connectivity index (χ1n) is 6.51. The van der Waals surface area contributed by atoms with E-state index in [9.17, 15) is 4.79 Å². The molecule has 1 aliphatic carbocycles. The Hall–Kier alpha value is -1.93. The lowest BCUT2D eigenvalue weighted by Crippen LogP contribution is -2.41. The topological polar surface area (TPSA) is 26.3 Å². The van der Waals surface area contributed by atoms with Crippen LogP contribution < -0.4 is 0 Å². The molecule has 2 aromatic carbocycles. The molecule has 2 heteroatoms. The number of methoxy groups -OCH3 is 1. The van der Waals surface area contributed by atoms with Crippen molar-refractivity contribution in [3.63, 3.8) is 0 Å². The number of carbonyl (C=O) groups excluding carboxylic acids is 1. The molecule has 96 valence electrons. The number of ketones is 1. The minimum absolute atomic E-state index is 0.0723. The summed E-state index contributed by atoms with van der Waals surface area (Å²) in [6.07, 6.45) is 1.56. The molecule has 0 bridgehead atoms. The summed E-state index contributed by atoms with van der Waals surface area (Å²) in [5, 5.41) is 0. The van der Waals surface area contributed by atoms with Crippen LogP contribution in [0.25, 0.3) is 0 Å². The van der Waals surface area contributed by atoms with Crippen molar-refractivity contribution in [1.82, 2.24) is 0 Å². The number of hydrogen-bond donors (Lipinski definition) is 0. The van der Waals surface area contributed by atoms with E-state index in [4.69, 9.17) is 4.74 Å². The summed E-state index contributed by atoms with van der Waals surface area (Å²) < 4.78 is 5.68. The highest BCUT2D eigenvalue weighted by atomic mass is 16.5.